The molecule has 3 N–H and O–H groups in total. The van der Waals surface area contributed by atoms with Crippen LogP contribution in [0.2, 0.25) is 0 Å². The molecule has 1 aromatic heterocycles. The Labute approximate surface area is 114 Å². The van der Waals surface area contributed by atoms with E-state index in [1.54, 1.807) is 7.11 Å². The van der Waals surface area contributed by atoms with Crippen molar-refractivity contribution < 1.29 is 4.74 Å². The van der Waals surface area contributed by atoms with Crippen molar-refractivity contribution in [3.63, 3.8) is 0 Å². The minimum absolute atomic E-state index is 0.406. The molecule has 0 radical (unpaired) electrons. The predicted molar refractivity (Wildman–Crippen MR) is 77.3 cm³/mol. The van der Waals surface area contributed by atoms with E-state index in [1.165, 1.54) is 5.56 Å². The van der Waals surface area contributed by atoms with Gasteiger partial charge in [-0.25, -0.2) is 0 Å². The molecule has 1 aromatic carbocycles. The average Bonchev–Trinajstić information content (AvgIpc) is 2.79. The van der Waals surface area contributed by atoms with Crippen LogP contribution in [-0.4, -0.2) is 17.3 Å². The summed E-state index contributed by atoms with van der Waals surface area (Å²) in [6.45, 7) is 6.83. The van der Waals surface area contributed by atoms with E-state index in [-0.39, 0.29) is 0 Å². The predicted octanol–water partition coefficient (Wildman–Crippen LogP) is 2.98. The molecule has 0 amide bonds. The number of H-pyrrole nitrogens is 1. The van der Waals surface area contributed by atoms with Gasteiger partial charge in [-0.05, 0) is 42.2 Å². The molecular weight excluding hydrogens is 238 g/mol. The lowest BCUT2D eigenvalue weighted by Crippen LogP contribution is -1.98. The van der Waals surface area contributed by atoms with Crippen LogP contribution in [0.5, 0.6) is 5.75 Å². The van der Waals surface area contributed by atoms with E-state index in [1.807, 2.05) is 19.1 Å². The third kappa shape index (κ3) is 2.49. The molecule has 0 aliphatic heterocycles. The molecule has 102 valence electrons. The summed E-state index contributed by atoms with van der Waals surface area (Å²) in [5.41, 5.74) is 11.0. The van der Waals surface area contributed by atoms with Crippen molar-refractivity contribution in [2.75, 3.05) is 7.11 Å². The third-order valence-electron chi connectivity index (χ3n) is 3.44. The van der Waals surface area contributed by atoms with Crippen LogP contribution in [-0.2, 0) is 6.54 Å². The molecule has 0 aliphatic rings. The smallest absolute Gasteiger partial charge is 0.122 e. The summed E-state index contributed by atoms with van der Waals surface area (Å²) in [4.78, 5) is 0. The first-order chi connectivity index (χ1) is 9.08. The zero-order chi connectivity index (χ0) is 14.0. The molecule has 4 heteroatoms. The third-order valence-corrected chi connectivity index (χ3v) is 3.44. The molecule has 0 spiro atoms. The van der Waals surface area contributed by atoms with E-state index in [2.05, 4.69) is 30.1 Å². The van der Waals surface area contributed by atoms with Gasteiger partial charge in [0.25, 0.3) is 0 Å². The minimum Gasteiger partial charge on any atom is -0.496 e. The number of aromatic nitrogens is 2. The maximum atomic E-state index is 5.67. The topological polar surface area (TPSA) is 63.9 Å². The lowest BCUT2D eigenvalue weighted by atomic mass is 9.97. The fraction of sp³-hybridized carbons (Fsp3) is 0.400. The molecule has 19 heavy (non-hydrogen) atoms. The van der Waals surface area contributed by atoms with Crippen LogP contribution >= 0.6 is 0 Å². The van der Waals surface area contributed by atoms with Crippen LogP contribution in [0, 0.1) is 6.92 Å². The molecule has 0 atom stereocenters. The van der Waals surface area contributed by atoms with Crippen LogP contribution in [0.4, 0.5) is 0 Å². The second kappa shape index (κ2) is 5.45. The highest BCUT2D eigenvalue weighted by atomic mass is 16.5. The molecule has 2 rings (SSSR count). The largest absolute Gasteiger partial charge is 0.496 e. The number of nitrogens with two attached hydrogens (primary N) is 1. The summed E-state index contributed by atoms with van der Waals surface area (Å²) < 4.78 is 5.41. The zero-order valence-electron chi connectivity index (χ0n) is 11.9. The van der Waals surface area contributed by atoms with E-state index in [0.29, 0.717) is 12.5 Å². The van der Waals surface area contributed by atoms with E-state index in [0.717, 1.165) is 28.3 Å². The molecule has 0 unspecified atom stereocenters. The van der Waals surface area contributed by atoms with Gasteiger partial charge >= 0.3 is 0 Å². The van der Waals surface area contributed by atoms with Crippen molar-refractivity contribution in [2.45, 2.75) is 33.2 Å². The number of nitrogens with one attached hydrogen (secondary N) is 1. The molecule has 0 saturated carbocycles. The fourth-order valence-corrected chi connectivity index (χ4v) is 2.25. The van der Waals surface area contributed by atoms with Crippen LogP contribution in [0.1, 0.15) is 36.6 Å². The maximum absolute atomic E-state index is 5.67. The first kappa shape index (κ1) is 13.6. The quantitative estimate of drug-likeness (QED) is 0.887. The second-order valence-electron chi connectivity index (χ2n) is 4.99. The Morgan fingerprint density at radius 3 is 2.63 bits per heavy atom. The van der Waals surface area contributed by atoms with Gasteiger partial charge in [0.05, 0.1) is 18.5 Å². The molecule has 4 nitrogen and oxygen atoms in total. The van der Waals surface area contributed by atoms with Crippen molar-refractivity contribution in [1.29, 1.82) is 0 Å². The Bertz CT molecular complexity index is 573. The number of rotatable bonds is 4. The van der Waals surface area contributed by atoms with Crippen LogP contribution in [0.3, 0.4) is 0 Å². The number of aromatic amines is 1. The Hall–Kier alpha value is -1.81. The van der Waals surface area contributed by atoms with Crippen molar-refractivity contribution in [1.82, 2.24) is 10.2 Å². The summed E-state index contributed by atoms with van der Waals surface area (Å²) in [6.07, 6.45) is 0. The van der Waals surface area contributed by atoms with Gasteiger partial charge in [0, 0.05) is 12.1 Å². The molecule has 2 aromatic rings. The molecule has 1 heterocycles. The SMILES string of the molecule is COc1ccc(-c2n[nH]c(CN)c2C)cc1C(C)C. The van der Waals surface area contributed by atoms with Gasteiger partial charge in [0.2, 0.25) is 0 Å². The average molecular weight is 259 g/mol. The van der Waals surface area contributed by atoms with Gasteiger partial charge in [-0.2, -0.15) is 5.10 Å². The molecule has 0 aliphatic carbocycles. The Balaban J connectivity index is 2.51. The highest BCUT2D eigenvalue weighted by Crippen LogP contribution is 2.32. The van der Waals surface area contributed by atoms with Crippen LogP contribution in [0.15, 0.2) is 18.2 Å². The van der Waals surface area contributed by atoms with E-state index in [4.69, 9.17) is 10.5 Å². The summed E-state index contributed by atoms with van der Waals surface area (Å²) in [7, 11) is 1.70. The first-order valence-electron chi connectivity index (χ1n) is 6.50. The monoisotopic (exact) mass is 259 g/mol. The van der Waals surface area contributed by atoms with E-state index >= 15 is 0 Å². The highest BCUT2D eigenvalue weighted by molar-refractivity contribution is 5.66. The maximum Gasteiger partial charge on any atom is 0.122 e. The van der Waals surface area contributed by atoms with Crippen molar-refractivity contribution in [3.8, 4) is 17.0 Å². The zero-order valence-corrected chi connectivity index (χ0v) is 11.9. The van der Waals surface area contributed by atoms with Gasteiger partial charge < -0.3 is 10.5 Å². The normalized spacial score (nSPS) is 11.1. The lowest BCUT2D eigenvalue weighted by Gasteiger charge is -2.13. The number of benzene rings is 1. The van der Waals surface area contributed by atoms with Crippen LogP contribution in [0.25, 0.3) is 11.3 Å². The van der Waals surface area contributed by atoms with Crippen molar-refractivity contribution in [3.05, 3.63) is 35.0 Å². The lowest BCUT2D eigenvalue weighted by molar-refractivity contribution is 0.407. The van der Waals surface area contributed by atoms with Gasteiger partial charge in [0.15, 0.2) is 0 Å². The number of ether oxygens (including phenoxy) is 1. The summed E-state index contributed by atoms with van der Waals surface area (Å²) >= 11 is 0. The van der Waals surface area contributed by atoms with E-state index < -0.39 is 0 Å². The van der Waals surface area contributed by atoms with Gasteiger partial charge in [-0.1, -0.05) is 13.8 Å². The van der Waals surface area contributed by atoms with Gasteiger partial charge in [-0.15, -0.1) is 0 Å². The first-order valence-corrected chi connectivity index (χ1v) is 6.50. The highest BCUT2D eigenvalue weighted by Gasteiger charge is 2.13. The van der Waals surface area contributed by atoms with Crippen LogP contribution < -0.4 is 10.5 Å². The number of methoxy groups -OCH3 is 1. The number of hydrogen-bond donors (Lipinski definition) is 2. The standard InChI is InChI=1S/C15H21N3O/c1-9(2)12-7-11(5-6-14(12)19-4)15-10(3)13(8-16)17-18-15/h5-7,9H,8,16H2,1-4H3,(H,17,18). The number of hydrogen-bond acceptors (Lipinski definition) is 3. The second-order valence-corrected chi connectivity index (χ2v) is 4.99. The Kier molecular flexibility index (Phi) is 3.90. The molecule has 0 bridgehead atoms. The summed E-state index contributed by atoms with van der Waals surface area (Å²) in [5, 5.41) is 7.36. The van der Waals surface area contributed by atoms with Gasteiger partial charge in [-0.3, -0.25) is 5.10 Å². The van der Waals surface area contributed by atoms with Gasteiger partial charge in [0.1, 0.15) is 5.75 Å². The molecular formula is C15H21N3O. The summed E-state index contributed by atoms with van der Waals surface area (Å²) in [6, 6.07) is 6.18. The van der Waals surface area contributed by atoms with Crippen molar-refractivity contribution >= 4 is 0 Å². The molecule has 0 fully saturated rings. The Morgan fingerprint density at radius 1 is 1.37 bits per heavy atom. The molecule has 0 saturated heterocycles. The fourth-order valence-electron chi connectivity index (χ4n) is 2.25. The van der Waals surface area contributed by atoms with Crippen molar-refractivity contribution in [2.24, 2.45) is 5.73 Å². The summed E-state index contributed by atoms with van der Waals surface area (Å²) in [5.74, 6) is 1.33. The Morgan fingerprint density at radius 2 is 2.11 bits per heavy atom. The van der Waals surface area contributed by atoms with E-state index in [9.17, 15) is 0 Å². The number of nitrogens with zero attached hydrogens (tertiary/aromatic N) is 1. The minimum atomic E-state index is 0.406.